The first-order chi connectivity index (χ1) is 16.5. The summed E-state index contributed by atoms with van der Waals surface area (Å²) in [4.78, 5) is 17.6. The lowest BCUT2D eigenvalue weighted by Crippen LogP contribution is -2.23. The molecule has 0 aliphatic carbocycles. The fourth-order valence-electron chi connectivity index (χ4n) is 3.90. The molecule has 0 bridgehead atoms. The number of halogens is 1. The zero-order valence-electron chi connectivity index (χ0n) is 18.2. The van der Waals surface area contributed by atoms with E-state index < -0.39 is 0 Å². The predicted molar refractivity (Wildman–Crippen MR) is 139 cm³/mol. The number of rotatable bonds is 4. The molecule has 2 aliphatic rings. The van der Waals surface area contributed by atoms with Crippen molar-refractivity contribution in [2.24, 2.45) is 10.1 Å². The summed E-state index contributed by atoms with van der Waals surface area (Å²) in [5.74, 6) is 0.646. The smallest absolute Gasteiger partial charge is 0.286 e. The highest BCUT2D eigenvalue weighted by atomic mass is 79.9. The summed E-state index contributed by atoms with van der Waals surface area (Å²) in [6.07, 6.45) is 2.38. The molecule has 2 aliphatic heterocycles. The maximum absolute atomic E-state index is 12.7. The van der Waals surface area contributed by atoms with Crippen molar-refractivity contribution in [3.05, 3.63) is 98.9 Å². The van der Waals surface area contributed by atoms with E-state index in [1.165, 1.54) is 11.8 Å². The average Bonchev–Trinajstić information content (AvgIpc) is 3.43. The molecule has 34 heavy (non-hydrogen) atoms. The monoisotopic (exact) mass is 533 g/mol. The van der Waals surface area contributed by atoms with Gasteiger partial charge in [0.1, 0.15) is 11.5 Å². The molecule has 0 fully saturated rings. The fraction of sp³-hybridized carbons (Fsp3) is 0.115. The molecule has 1 unspecified atom stereocenters. The first-order valence-corrected chi connectivity index (χ1v) is 12.2. The number of para-hydroxylation sites is 1. The van der Waals surface area contributed by atoms with E-state index in [2.05, 4.69) is 20.9 Å². The van der Waals surface area contributed by atoms with Crippen molar-refractivity contribution in [1.82, 2.24) is 5.01 Å². The van der Waals surface area contributed by atoms with Gasteiger partial charge in [0.2, 0.25) is 0 Å². The lowest BCUT2D eigenvalue weighted by atomic mass is 9.98. The van der Waals surface area contributed by atoms with Crippen molar-refractivity contribution in [1.29, 1.82) is 0 Å². The molecule has 1 atom stereocenters. The van der Waals surface area contributed by atoms with E-state index in [4.69, 9.17) is 9.84 Å². The molecular weight excluding hydrogens is 514 g/mol. The highest BCUT2D eigenvalue weighted by molar-refractivity contribution is 9.10. The molecular formula is C26H20BrN3O3S. The summed E-state index contributed by atoms with van der Waals surface area (Å²) in [7, 11) is 1.63. The number of phenols is 1. The molecule has 170 valence electrons. The zero-order valence-corrected chi connectivity index (χ0v) is 20.6. The minimum Gasteiger partial charge on any atom is -0.508 e. The van der Waals surface area contributed by atoms with Gasteiger partial charge in [-0.2, -0.15) is 10.1 Å². The molecule has 0 spiro atoms. The van der Waals surface area contributed by atoms with Gasteiger partial charge in [0.05, 0.1) is 23.8 Å². The highest BCUT2D eigenvalue weighted by Crippen LogP contribution is 2.41. The van der Waals surface area contributed by atoms with Crippen LogP contribution in [0.15, 0.2) is 92.3 Å². The van der Waals surface area contributed by atoms with Crippen molar-refractivity contribution in [2.45, 2.75) is 12.5 Å². The molecule has 2 heterocycles. The Labute approximate surface area is 209 Å². The second-order valence-electron chi connectivity index (χ2n) is 7.76. The number of amides is 1. The maximum atomic E-state index is 12.7. The lowest BCUT2D eigenvalue weighted by molar-refractivity contribution is -0.113. The van der Waals surface area contributed by atoms with Crippen LogP contribution in [-0.2, 0) is 4.79 Å². The quantitative estimate of drug-likeness (QED) is 0.417. The number of aliphatic imine (C=N–C) groups is 1. The van der Waals surface area contributed by atoms with Gasteiger partial charge in [0.25, 0.3) is 5.91 Å². The molecule has 1 N–H and O–H groups in total. The number of thioether (sulfide) groups is 1. The molecule has 0 radical (unpaired) electrons. The minimum atomic E-state index is -0.302. The van der Waals surface area contributed by atoms with E-state index in [0.717, 1.165) is 32.6 Å². The van der Waals surface area contributed by atoms with Crippen LogP contribution in [0, 0.1) is 0 Å². The molecule has 1 amide bonds. The standard InChI is InChI=1S/C26H20BrN3O3S/c1-33-19-11-9-17(10-12-19)21-15-22(20-7-2-3-8-23(20)31)30(29-21)26-28-25(32)24(34-26)14-16-5-4-6-18(27)13-16/h2-14,22,31H,15H2,1H3/b24-14-. The van der Waals surface area contributed by atoms with Crippen LogP contribution in [0.1, 0.15) is 29.2 Å². The van der Waals surface area contributed by atoms with Crippen molar-refractivity contribution in [3.8, 4) is 11.5 Å². The first kappa shape index (κ1) is 22.4. The number of amidine groups is 1. The van der Waals surface area contributed by atoms with E-state index in [1.807, 2.05) is 66.7 Å². The molecule has 3 aromatic carbocycles. The van der Waals surface area contributed by atoms with Crippen LogP contribution >= 0.6 is 27.7 Å². The van der Waals surface area contributed by atoms with Crippen LogP contribution in [0.2, 0.25) is 0 Å². The third-order valence-electron chi connectivity index (χ3n) is 5.58. The van der Waals surface area contributed by atoms with Crippen LogP contribution in [0.5, 0.6) is 11.5 Å². The summed E-state index contributed by atoms with van der Waals surface area (Å²) in [6, 6.07) is 22.3. The van der Waals surface area contributed by atoms with Gasteiger partial charge < -0.3 is 9.84 Å². The Morgan fingerprint density at radius 2 is 1.91 bits per heavy atom. The number of phenolic OH excluding ortho intramolecular Hbond substituents is 1. The second-order valence-corrected chi connectivity index (χ2v) is 9.69. The van der Waals surface area contributed by atoms with Crippen LogP contribution in [0.4, 0.5) is 0 Å². The number of benzene rings is 3. The minimum absolute atomic E-state index is 0.184. The van der Waals surface area contributed by atoms with Crippen molar-refractivity contribution >= 4 is 50.6 Å². The van der Waals surface area contributed by atoms with Gasteiger partial charge in [-0.05, 0) is 71.4 Å². The Balaban J connectivity index is 1.49. The van der Waals surface area contributed by atoms with Gasteiger partial charge in [-0.1, -0.05) is 46.3 Å². The molecule has 0 saturated heterocycles. The number of methoxy groups -OCH3 is 1. The van der Waals surface area contributed by atoms with Gasteiger partial charge in [0.15, 0.2) is 5.17 Å². The number of carbonyl (C=O) groups excluding carboxylic acids is 1. The van der Waals surface area contributed by atoms with Gasteiger partial charge in [-0.15, -0.1) is 0 Å². The van der Waals surface area contributed by atoms with Gasteiger partial charge in [-0.3, -0.25) is 4.79 Å². The Morgan fingerprint density at radius 1 is 1.12 bits per heavy atom. The third kappa shape index (κ3) is 4.51. The Hall–Kier alpha value is -3.36. The Bertz CT molecular complexity index is 1350. The predicted octanol–water partition coefficient (Wildman–Crippen LogP) is 5.98. The van der Waals surface area contributed by atoms with Gasteiger partial charge in [-0.25, -0.2) is 5.01 Å². The van der Waals surface area contributed by atoms with Crippen LogP contribution in [-0.4, -0.2) is 34.0 Å². The summed E-state index contributed by atoms with van der Waals surface area (Å²) in [5, 5.41) is 17.6. The molecule has 0 aromatic heterocycles. The average molecular weight is 534 g/mol. The zero-order chi connectivity index (χ0) is 23.7. The highest BCUT2D eigenvalue weighted by Gasteiger charge is 2.37. The molecule has 8 heteroatoms. The number of aromatic hydroxyl groups is 1. The molecule has 3 aromatic rings. The van der Waals surface area contributed by atoms with E-state index in [-0.39, 0.29) is 17.7 Å². The van der Waals surface area contributed by atoms with E-state index in [0.29, 0.717) is 16.5 Å². The van der Waals surface area contributed by atoms with Crippen molar-refractivity contribution in [2.75, 3.05) is 7.11 Å². The lowest BCUT2D eigenvalue weighted by Gasteiger charge is -2.23. The van der Waals surface area contributed by atoms with Crippen LogP contribution < -0.4 is 4.74 Å². The summed E-state index contributed by atoms with van der Waals surface area (Å²) < 4.78 is 6.20. The Morgan fingerprint density at radius 3 is 2.65 bits per heavy atom. The van der Waals surface area contributed by atoms with Gasteiger partial charge >= 0.3 is 0 Å². The second kappa shape index (κ2) is 9.48. The maximum Gasteiger partial charge on any atom is 0.286 e. The van der Waals surface area contributed by atoms with Crippen LogP contribution in [0.3, 0.4) is 0 Å². The van der Waals surface area contributed by atoms with Crippen molar-refractivity contribution < 1.29 is 14.6 Å². The summed E-state index contributed by atoms with van der Waals surface area (Å²) in [6.45, 7) is 0. The number of hydrogen-bond donors (Lipinski definition) is 1. The number of hydrogen-bond acceptors (Lipinski definition) is 6. The third-order valence-corrected chi connectivity index (χ3v) is 7.05. The first-order valence-electron chi connectivity index (χ1n) is 10.6. The van der Waals surface area contributed by atoms with Gasteiger partial charge in [0, 0.05) is 16.5 Å². The number of carbonyl (C=O) groups is 1. The fourth-order valence-corrected chi connectivity index (χ4v) is 5.23. The normalized spacial score (nSPS) is 18.9. The number of nitrogens with zero attached hydrogens (tertiary/aromatic N) is 3. The molecule has 0 saturated carbocycles. The molecule has 6 nitrogen and oxygen atoms in total. The molecule has 5 rings (SSSR count). The van der Waals surface area contributed by atoms with E-state index in [9.17, 15) is 9.90 Å². The van der Waals surface area contributed by atoms with Crippen LogP contribution in [0.25, 0.3) is 6.08 Å². The largest absolute Gasteiger partial charge is 0.508 e. The summed E-state index contributed by atoms with van der Waals surface area (Å²) >= 11 is 4.75. The topological polar surface area (TPSA) is 74.5 Å². The SMILES string of the molecule is COc1ccc(C2=NN(C3=NC(=O)/C(=C/c4cccc(Br)c4)S3)C(c3ccccc3O)C2)cc1. The van der Waals surface area contributed by atoms with E-state index >= 15 is 0 Å². The number of hydrazone groups is 1. The van der Waals surface area contributed by atoms with Crippen molar-refractivity contribution in [3.63, 3.8) is 0 Å². The van der Waals surface area contributed by atoms with E-state index in [1.54, 1.807) is 24.3 Å². The Kier molecular flexibility index (Phi) is 6.26. The summed E-state index contributed by atoms with van der Waals surface area (Å²) in [5.41, 5.74) is 3.43. The number of ether oxygens (including phenoxy) is 1.